The zero-order chi connectivity index (χ0) is 24.0. The first-order valence-electron chi connectivity index (χ1n) is 11.4. The molecule has 0 fully saturated rings. The molecule has 6 heteroatoms. The molecule has 0 aliphatic heterocycles. The van der Waals surface area contributed by atoms with Gasteiger partial charge in [0.25, 0.3) is 0 Å². The highest BCUT2D eigenvalue weighted by atomic mass is 16.5. The van der Waals surface area contributed by atoms with Crippen molar-refractivity contribution in [2.24, 2.45) is 5.92 Å². The first kappa shape index (κ1) is 24.4. The number of nitrogens with one attached hydrogen (secondary N) is 1. The third-order valence-electron chi connectivity index (χ3n) is 5.88. The van der Waals surface area contributed by atoms with Crippen LogP contribution in [0.4, 0.5) is 0 Å². The van der Waals surface area contributed by atoms with E-state index in [4.69, 9.17) is 9.47 Å². The number of aryl methyl sites for hydroxylation is 1. The van der Waals surface area contributed by atoms with Crippen LogP contribution in [0.1, 0.15) is 54.4 Å². The van der Waals surface area contributed by atoms with Gasteiger partial charge in [0.1, 0.15) is 11.5 Å². The molecule has 3 aromatic rings. The number of rotatable bonds is 10. The highest BCUT2D eigenvalue weighted by Gasteiger charge is 2.19. The second kappa shape index (κ2) is 11.0. The normalized spacial score (nSPS) is 11.2. The summed E-state index contributed by atoms with van der Waals surface area (Å²) >= 11 is 0. The lowest BCUT2D eigenvalue weighted by Crippen LogP contribution is -2.29. The summed E-state index contributed by atoms with van der Waals surface area (Å²) in [4.78, 5) is 13.0. The standard InChI is InChI=1S/C27H35N3O3/c1-18(2)17-30-20(4)25(19(3)29-30)15-16-26(31)28-27(21-7-11-23(32-5)12-8-21)22-9-13-24(33-6)14-10-22/h7-14,18,27H,15-17H2,1-6H3,(H,28,31). The van der Waals surface area contributed by atoms with Gasteiger partial charge in [0.2, 0.25) is 5.91 Å². The Kier molecular flexibility index (Phi) is 8.15. The molecule has 0 unspecified atom stereocenters. The van der Waals surface area contributed by atoms with Crippen LogP contribution in [0, 0.1) is 19.8 Å². The van der Waals surface area contributed by atoms with Crippen LogP contribution in [0.15, 0.2) is 48.5 Å². The molecular formula is C27H35N3O3. The van der Waals surface area contributed by atoms with Gasteiger partial charge in [0.05, 0.1) is 26.0 Å². The van der Waals surface area contributed by atoms with Gasteiger partial charge in [-0.05, 0) is 67.1 Å². The molecule has 0 saturated carbocycles. The number of ether oxygens (including phenoxy) is 2. The van der Waals surface area contributed by atoms with E-state index in [9.17, 15) is 4.79 Å². The molecule has 176 valence electrons. The summed E-state index contributed by atoms with van der Waals surface area (Å²) in [5, 5.41) is 7.90. The van der Waals surface area contributed by atoms with Crippen LogP contribution in [0.3, 0.4) is 0 Å². The molecule has 0 saturated heterocycles. The van der Waals surface area contributed by atoms with Gasteiger partial charge in [-0.3, -0.25) is 9.48 Å². The van der Waals surface area contributed by atoms with E-state index >= 15 is 0 Å². The predicted octanol–water partition coefficient (Wildman–Crippen LogP) is 5.01. The van der Waals surface area contributed by atoms with E-state index in [-0.39, 0.29) is 11.9 Å². The lowest BCUT2D eigenvalue weighted by Gasteiger charge is -2.20. The van der Waals surface area contributed by atoms with Crippen LogP contribution in [-0.4, -0.2) is 29.9 Å². The van der Waals surface area contributed by atoms with Gasteiger partial charge in [-0.1, -0.05) is 38.1 Å². The van der Waals surface area contributed by atoms with Crippen molar-refractivity contribution in [2.75, 3.05) is 14.2 Å². The molecule has 1 aromatic heterocycles. The number of hydrogen-bond donors (Lipinski definition) is 1. The van der Waals surface area contributed by atoms with E-state index in [1.165, 1.54) is 0 Å². The topological polar surface area (TPSA) is 65.4 Å². The minimum Gasteiger partial charge on any atom is -0.497 e. The Morgan fingerprint density at radius 1 is 0.939 bits per heavy atom. The third kappa shape index (κ3) is 6.15. The summed E-state index contributed by atoms with van der Waals surface area (Å²) in [6.45, 7) is 9.36. The Bertz CT molecular complexity index is 1010. The number of carbonyl (C=O) groups excluding carboxylic acids is 1. The van der Waals surface area contributed by atoms with Crippen molar-refractivity contribution < 1.29 is 14.3 Å². The first-order valence-corrected chi connectivity index (χ1v) is 11.4. The molecule has 33 heavy (non-hydrogen) atoms. The highest BCUT2D eigenvalue weighted by Crippen LogP contribution is 2.26. The zero-order valence-corrected chi connectivity index (χ0v) is 20.5. The first-order chi connectivity index (χ1) is 15.8. The van der Waals surface area contributed by atoms with Crippen LogP contribution < -0.4 is 14.8 Å². The monoisotopic (exact) mass is 449 g/mol. The van der Waals surface area contributed by atoms with Gasteiger partial charge in [0, 0.05) is 18.7 Å². The molecule has 3 rings (SSSR count). The summed E-state index contributed by atoms with van der Waals surface area (Å²) in [6.07, 6.45) is 1.07. The Morgan fingerprint density at radius 3 is 1.91 bits per heavy atom. The van der Waals surface area contributed by atoms with Crippen molar-refractivity contribution >= 4 is 5.91 Å². The van der Waals surface area contributed by atoms with Gasteiger partial charge >= 0.3 is 0 Å². The Labute approximate surface area is 196 Å². The smallest absolute Gasteiger partial charge is 0.221 e. The van der Waals surface area contributed by atoms with Crippen LogP contribution in [0.25, 0.3) is 0 Å². The molecule has 6 nitrogen and oxygen atoms in total. The van der Waals surface area contributed by atoms with E-state index < -0.39 is 0 Å². The largest absolute Gasteiger partial charge is 0.497 e. The van der Waals surface area contributed by atoms with E-state index in [1.807, 2.05) is 55.5 Å². The van der Waals surface area contributed by atoms with E-state index in [2.05, 4.69) is 35.9 Å². The number of carbonyl (C=O) groups is 1. The summed E-state index contributed by atoms with van der Waals surface area (Å²) in [5.74, 6) is 2.08. The Balaban J connectivity index is 1.76. The maximum Gasteiger partial charge on any atom is 0.221 e. The molecule has 0 aliphatic rings. The summed E-state index contributed by atoms with van der Waals surface area (Å²) in [7, 11) is 3.29. The van der Waals surface area contributed by atoms with E-state index in [1.54, 1.807) is 14.2 Å². The van der Waals surface area contributed by atoms with Gasteiger partial charge in [-0.25, -0.2) is 0 Å². The van der Waals surface area contributed by atoms with Crippen molar-refractivity contribution in [3.8, 4) is 11.5 Å². The molecule has 2 aromatic carbocycles. The number of methoxy groups -OCH3 is 2. The van der Waals surface area contributed by atoms with Crippen LogP contribution >= 0.6 is 0 Å². The number of amides is 1. The number of benzene rings is 2. The SMILES string of the molecule is COc1ccc(C(NC(=O)CCc2c(C)nn(CC(C)C)c2C)c2ccc(OC)cc2)cc1. The lowest BCUT2D eigenvalue weighted by atomic mass is 9.98. The van der Waals surface area contributed by atoms with Crippen LogP contribution in [-0.2, 0) is 17.8 Å². The second-order valence-electron chi connectivity index (χ2n) is 8.77. The predicted molar refractivity (Wildman–Crippen MR) is 131 cm³/mol. The molecular weight excluding hydrogens is 414 g/mol. The maximum atomic E-state index is 13.0. The summed E-state index contributed by atoms with van der Waals surface area (Å²) < 4.78 is 12.6. The summed E-state index contributed by atoms with van der Waals surface area (Å²) in [6, 6.07) is 15.3. The van der Waals surface area contributed by atoms with E-state index in [0.717, 1.165) is 46.1 Å². The average Bonchev–Trinajstić information content (AvgIpc) is 3.07. The van der Waals surface area contributed by atoms with Crippen molar-refractivity contribution in [3.05, 3.63) is 76.6 Å². The fraction of sp³-hybridized carbons (Fsp3) is 0.407. The molecule has 0 atom stereocenters. The Hall–Kier alpha value is -3.28. The fourth-order valence-corrected chi connectivity index (χ4v) is 4.04. The minimum absolute atomic E-state index is 0.00189. The Morgan fingerprint density at radius 2 is 1.45 bits per heavy atom. The molecule has 0 aliphatic carbocycles. The van der Waals surface area contributed by atoms with Crippen molar-refractivity contribution in [1.82, 2.24) is 15.1 Å². The van der Waals surface area contributed by atoms with Crippen LogP contribution in [0.2, 0.25) is 0 Å². The molecule has 0 spiro atoms. The van der Waals surface area contributed by atoms with Crippen molar-refractivity contribution in [1.29, 1.82) is 0 Å². The quantitative estimate of drug-likeness (QED) is 0.472. The molecule has 1 heterocycles. The molecule has 0 bridgehead atoms. The number of hydrogen-bond acceptors (Lipinski definition) is 4. The number of aromatic nitrogens is 2. The molecule has 1 N–H and O–H groups in total. The average molecular weight is 450 g/mol. The van der Waals surface area contributed by atoms with Crippen molar-refractivity contribution in [2.45, 2.75) is 53.1 Å². The van der Waals surface area contributed by atoms with Gasteiger partial charge in [0.15, 0.2) is 0 Å². The number of nitrogens with zero attached hydrogens (tertiary/aromatic N) is 2. The van der Waals surface area contributed by atoms with Gasteiger partial charge in [-0.2, -0.15) is 5.10 Å². The van der Waals surface area contributed by atoms with Gasteiger partial charge < -0.3 is 14.8 Å². The van der Waals surface area contributed by atoms with Crippen LogP contribution in [0.5, 0.6) is 11.5 Å². The molecule has 1 amide bonds. The van der Waals surface area contributed by atoms with Gasteiger partial charge in [-0.15, -0.1) is 0 Å². The highest BCUT2D eigenvalue weighted by molar-refractivity contribution is 5.77. The maximum absolute atomic E-state index is 13.0. The van der Waals surface area contributed by atoms with E-state index in [0.29, 0.717) is 18.8 Å². The van der Waals surface area contributed by atoms with Crippen molar-refractivity contribution in [3.63, 3.8) is 0 Å². The lowest BCUT2D eigenvalue weighted by molar-refractivity contribution is -0.121. The third-order valence-corrected chi connectivity index (χ3v) is 5.88. The molecule has 0 radical (unpaired) electrons. The minimum atomic E-state index is -0.264. The second-order valence-corrected chi connectivity index (χ2v) is 8.77. The zero-order valence-electron chi connectivity index (χ0n) is 20.5. The fourth-order valence-electron chi connectivity index (χ4n) is 4.04. The summed E-state index contributed by atoms with van der Waals surface area (Å²) in [5.41, 5.74) is 5.30.